The van der Waals surface area contributed by atoms with Gasteiger partial charge < -0.3 is 14.6 Å². The van der Waals surface area contributed by atoms with Crippen LogP contribution in [0.1, 0.15) is 19.4 Å². The minimum Gasteiger partial charge on any atom is -0.500 e. The molecule has 0 atom stereocenters. The number of ether oxygens (including phenoxy) is 2. The maximum absolute atomic E-state index is 12.4. The lowest BCUT2D eigenvalue weighted by Crippen LogP contribution is -2.35. The lowest BCUT2D eigenvalue weighted by Gasteiger charge is -2.13. The molecule has 144 valence electrons. The summed E-state index contributed by atoms with van der Waals surface area (Å²) in [6.07, 6.45) is 0.853. The molecule has 1 aromatic rings. The van der Waals surface area contributed by atoms with Crippen molar-refractivity contribution in [1.82, 2.24) is 4.90 Å². The van der Waals surface area contributed by atoms with Crippen LogP contribution >= 0.6 is 11.8 Å². The highest BCUT2D eigenvalue weighted by Crippen LogP contribution is 2.39. The van der Waals surface area contributed by atoms with Gasteiger partial charge in [-0.2, -0.15) is 0 Å². The number of aromatic hydroxyl groups is 1. The summed E-state index contributed by atoms with van der Waals surface area (Å²) >= 11 is 0.587. The maximum Gasteiger partial charge on any atom is 0.326 e. The molecule has 0 spiro atoms. The van der Waals surface area contributed by atoms with Gasteiger partial charge in [0, 0.05) is 6.07 Å². The molecule has 1 N–H and O–H groups in total. The number of nitro groups is 1. The molecule has 1 heterocycles. The van der Waals surface area contributed by atoms with Gasteiger partial charge >= 0.3 is 11.7 Å². The Hall–Kier alpha value is -3.08. The zero-order valence-electron chi connectivity index (χ0n) is 14.6. The molecule has 0 aromatic heterocycles. The van der Waals surface area contributed by atoms with E-state index in [1.54, 1.807) is 13.8 Å². The fourth-order valence-electron chi connectivity index (χ4n) is 2.21. The molecule has 0 unspecified atom stereocenters. The summed E-state index contributed by atoms with van der Waals surface area (Å²) in [5, 5.41) is 20.2. The van der Waals surface area contributed by atoms with Crippen molar-refractivity contribution < 1.29 is 33.9 Å². The predicted molar refractivity (Wildman–Crippen MR) is 95.2 cm³/mol. The molecular weight excluding hydrogens is 380 g/mol. The normalized spacial score (nSPS) is 15.6. The summed E-state index contributed by atoms with van der Waals surface area (Å²) in [4.78, 5) is 47.0. The van der Waals surface area contributed by atoms with Gasteiger partial charge in [-0.05, 0) is 43.3 Å². The highest BCUT2D eigenvalue weighted by atomic mass is 32.2. The number of nitrogens with zero attached hydrogens (tertiary/aromatic N) is 2. The van der Waals surface area contributed by atoms with Gasteiger partial charge in [0.1, 0.15) is 6.54 Å². The molecule has 1 aromatic carbocycles. The lowest BCUT2D eigenvalue weighted by molar-refractivity contribution is -0.386. The zero-order valence-corrected chi connectivity index (χ0v) is 15.4. The molecule has 0 radical (unpaired) electrons. The highest BCUT2D eigenvalue weighted by molar-refractivity contribution is 8.18. The number of phenolic OH excluding ortho intramolecular Hbond substituents is 1. The van der Waals surface area contributed by atoms with Crippen LogP contribution in [0.4, 0.5) is 10.5 Å². The van der Waals surface area contributed by atoms with Crippen LogP contribution in [-0.2, 0) is 14.3 Å². The number of thioether (sulfide) groups is 1. The van der Waals surface area contributed by atoms with E-state index in [1.807, 2.05) is 0 Å². The Morgan fingerprint density at radius 1 is 1.41 bits per heavy atom. The van der Waals surface area contributed by atoms with Crippen molar-refractivity contribution in [3.05, 3.63) is 32.7 Å². The summed E-state index contributed by atoms with van der Waals surface area (Å²) in [5.74, 6) is -2.25. The van der Waals surface area contributed by atoms with Crippen LogP contribution in [-0.4, -0.2) is 51.8 Å². The lowest BCUT2D eigenvalue weighted by atomic mass is 10.1. The molecule has 10 nitrogen and oxygen atoms in total. The highest BCUT2D eigenvalue weighted by Gasteiger charge is 2.37. The Kier molecular flexibility index (Phi) is 6.05. The Morgan fingerprint density at radius 2 is 2.07 bits per heavy atom. The van der Waals surface area contributed by atoms with Gasteiger partial charge in [-0.1, -0.05) is 0 Å². The summed E-state index contributed by atoms with van der Waals surface area (Å²) < 4.78 is 9.80. The minimum absolute atomic E-state index is 0.0283. The molecule has 2 amide bonds. The van der Waals surface area contributed by atoms with Crippen LogP contribution in [0.2, 0.25) is 0 Å². The number of carbonyl (C=O) groups is 3. The first-order valence-corrected chi connectivity index (χ1v) is 8.46. The van der Waals surface area contributed by atoms with E-state index in [-0.39, 0.29) is 16.2 Å². The number of hydrogen-bond acceptors (Lipinski definition) is 9. The van der Waals surface area contributed by atoms with E-state index in [0.717, 1.165) is 11.0 Å². The van der Waals surface area contributed by atoms with Crippen LogP contribution < -0.4 is 4.74 Å². The number of nitro benzene ring substituents is 1. The monoisotopic (exact) mass is 396 g/mol. The summed E-state index contributed by atoms with van der Waals surface area (Å²) in [5.41, 5.74) is -0.438. The van der Waals surface area contributed by atoms with Crippen molar-refractivity contribution in [2.24, 2.45) is 0 Å². The SMILES string of the molecule is COc1cc(/C=C2\SC(=O)N(CC(=O)OC(C)C)C2=O)cc([N+](=O)[O-])c1O. The second kappa shape index (κ2) is 8.08. The predicted octanol–water partition coefficient (Wildman–Crippen LogP) is 2.30. The first kappa shape index (κ1) is 20.2. The Morgan fingerprint density at radius 3 is 2.63 bits per heavy atom. The topological polar surface area (TPSA) is 136 Å². The fourth-order valence-corrected chi connectivity index (χ4v) is 3.05. The van der Waals surface area contributed by atoms with E-state index in [1.165, 1.54) is 19.3 Å². The standard InChI is InChI=1S/C16H16N2O8S/c1-8(2)26-13(19)7-17-15(21)12(27-16(17)22)6-9-4-10(18(23)24)14(20)11(5-9)25-3/h4-6,8,20H,7H2,1-3H3/b12-6-. The van der Waals surface area contributed by atoms with E-state index in [9.17, 15) is 29.6 Å². The molecule has 1 aliphatic heterocycles. The van der Waals surface area contributed by atoms with Gasteiger partial charge in [-0.15, -0.1) is 0 Å². The van der Waals surface area contributed by atoms with Gasteiger partial charge in [0.05, 0.1) is 23.0 Å². The molecule has 1 aliphatic rings. The Labute approximate surface area is 157 Å². The van der Waals surface area contributed by atoms with E-state index >= 15 is 0 Å². The maximum atomic E-state index is 12.4. The first-order valence-electron chi connectivity index (χ1n) is 7.64. The number of amides is 2. The second-order valence-corrected chi connectivity index (χ2v) is 6.65. The van der Waals surface area contributed by atoms with Crippen molar-refractivity contribution >= 4 is 40.6 Å². The third kappa shape index (κ3) is 4.56. The molecule has 1 saturated heterocycles. The molecule has 0 saturated carbocycles. The molecule has 0 aliphatic carbocycles. The number of rotatable bonds is 6. The second-order valence-electron chi connectivity index (χ2n) is 5.65. The summed E-state index contributed by atoms with van der Waals surface area (Å²) in [6.45, 7) is 2.74. The van der Waals surface area contributed by atoms with Crippen LogP contribution in [0.15, 0.2) is 17.0 Å². The van der Waals surface area contributed by atoms with Crippen LogP contribution in [0, 0.1) is 10.1 Å². The molecular formula is C16H16N2O8S. The third-order valence-electron chi connectivity index (χ3n) is 3.32. The van der Waals surface area contributed by atoms with Crippen molar-refractivity contribution in [3.63, 3.8) is 0 Å². The number of esters is 1. The van der Waals surface area contributed by atoms with Crippen molar-refractivity contribution in [3.8, 4) is 11.5 Å². The largest absolute Gasteiger partial charge is 0.500 e. The average molecular weight is 396 g/mol. The molecule has 0 bridgehead atoms. The molecule has 1 fully saturated rings. The average Bonchev–Trinajstić information content (AvgIpc) is 2.82. The smallest absolute Gasteiger partial charge is 0.326 e. The Bertz CT molecular complexity index is 849. The fraction of sp³-hybridized carbons (Fsp3) is 0.312. The van der Waals surface area contributed by atoms with Crippen LogP contribution in [0.3, 0.4) is 0 Å². The third-order valence-corrected chi connectivity index (χ3v) is 4.23. The number of benzene rings is 1. The summed E-state index contributed by atoms with van der Waals surface area (Å²) in [6, 6.07) is 2.32. The number of phenols is 1. The van der Waals surface area contributed by atoms with Crippen molar-refractivity contribution in [1.29, 1.82) is 0 Å². The minimum atomic E-state index is -0.803. The quantitative estimate of drug-likeness (QED) is 0.332. The molecule has 27 heavy (non-hydrogen) atoms. The van der Waals surface area contributed by atoms with Crippen LogP contribution in [0.25, 0.3) is 6.08 Å². The summed E-state index contributed by atoms with van der Waals surface area (Å²) in [7, 11) is 1.22. The number of carbonyl (C=O) groups excluding carboxylic acids is 3. The van der Waals surface area contributed by atoms with Gasteiger partial charge in [-0.25, -0.2) is 0 Å². The number of methoxy groups -OCH3 is 1. The van der Waals surface area contributed by atoms with Gasteiger partial charge in [0.25, 0.3) is 11.1 Å². The molecule has 11 heteroatoms. The zero-order chi connectivity index (χ0) is 20.3. The van der Waals surface area contributed by atoms with Crippen molar-refractivity contribution in [2.45, 2.75) is 20.0 Å². The van der Waals surface area contributed by atoms with E-state index in [0.29, 0.717) is 11.8 Å². The van der Waals surface area contributed by atoms with Crippen LogP contribution in [0.5, 0.6) is 11.5 Å². The van der Waals surface area contributed by atoms with Gasteiger partial charge in [0.2, 0.25) is 5.75 Å². The number of imide groups is 1. The van der Waals surface area contributed by atoms with Crippen molar-refractivity contribution in [2.75, 3.05) is 13.7 Å². The van der Waals surface area contributed by atoms with Gasteiger partial charge in [-0.3, -0.25) is 29.4 Å². The Balaban J connectivity index is 2.31. The van der Waals surface area contributed by atoms with E-state index < -0.39 is 46.1 Å². The van der Waals surface area contributed by atoms with Gasteiger partial charge in [0.15, 0.2) is 5.75 Å². The van der Waals surface area contributed by atoms with E-state index in [2.05, 4.69) is 0 Å². The van der Waals surface area contributed by atoms with E-state index in [4.69, 9.17) is 9.47 Å². The number of hydrogen-bond donors (Lipinski definition) is 1. The molecule has 2 rings (SSSR count). The first-order chi connectivity index (χ1) is 12.6.